The van der Waals surface area contributed by atoms with Crippen LogP contribution in [0.25, 0.3) is 0 Å². The fourth-order valence-electron chi connectivity index (χ4n) is 2.24. The summed E-state index contributed by atoms with van der Waals surface area (Å²) < 4.78 is 10.6. The van der Waals surface area contributed by atoms with Crippen molar-refractivity contribution in [3.05, 3.63) is 40.9 Å². The van der Waals surface area contributed by atoms with Gasteiger partial charge in [-0.25, -0.2) is 0 Å². The summed E-state index contributed by atoms with van der Waals surface area (Å²) in [5, 5.41) is 22.9. The maximum Gasteiger partial charge on any atom is 0.231 e. The molecular weight excluding hydrogens is 294 g/mol. The summed E-state index contributed by atoms with van der Waals surface area (Å²) in [6, 6.07) is 7.73. The molecule has 1 atom stereocenters. The van der Waals surface area contributed by atoms with E-state index in [-0.39, 0.29) is 24.3 Å². The lowest BCUT2D eigenvalue weighted by Gasteiger charge is -2.18. The molecule has 3 rings (SSSR count). The van der Waals surface area contributed by atoms with E-state index in [1.165, 1.54) is 12.1 Å². The van der Waals surface area contributed by atoms with E-state index in [2.05, 4.69) is 5.32 Å². The van der Waals surface area contributed by atoms with Crippen LogP contribution in [0.1, 0.15) is 18.5 Å². The zero-order valence-electron chi connectivity index (χ0n) is 11.3. The molecule has 1 aliphatic heterocycles. The summed E-state index contributed by atoms with van der Waals surface area (Å²) in [6.45, 7) is 2.07. The second-order valence-electron chi connectivity index (χ2n) is 4.79. The van der Waals surface area contributed by atoms with Crippen LogP contribution in [-0.4, -0.2) is 17.0 Å². The van der Waals surface area contributed by atoms with Gasteiger partial charge in [-0.2, -0.15) is 0 Å². The predicted octanol–water partition coefficient (Wildman–Crippen LogP) is 3.65. The predicted molar refractivity (Wildman–Crippen MR) is 79.4 cm³/mol. The first-order chi connectivity index (χ1) is 10.0. The number of phenolic OH excluding ortho intramolecular Hbond substituents is 2. The van der Waals surface area contributed by atoms with Crippen LogP contribution in [0.2, 0.25) is 5.02 Å². The van der Waals surface area contributed by atoms with E-state index in [1.807, 2.05) is 6.92 Å². The number of halogens is 1. The highest BCUT2D eigenvalue weighted by Gasteiger charge is 2.18. The normalized spacial score (nSPS) is 14.0. The summed E-state index contributed by atoms with van der Waals surface area (Å²) in [5.74, 6) is 1.28. The van der Waals surface area contributed by atoms with E-state index in [1.54, 1.807) is 18.2 Å². The molecule has 1 heterocycles. The number of hydrogen-bond donors (Lipinski definition) is 3. The maximum atomic E-state index is 9.89. The minimum Gasteiger partial charge on any atom is -0.508 e. The van der Waals surface area contributed by atoms with Crippen molar-refractivity contribution in [1.29, 1.82) is 0 Å². The summed E-state index contributed by atoms with van der Waals surface area (Å²) in [7, 11) is 0. The van der Waals surface area contributed by atoms with E-state index in [0.717, 1.165) is 0 Å². The SMILES string of the molecule is CC(Nc1cc2c(cc1Cl)OCO2)c1ccc(O)cc1O. The summed E-state index contributed by atoms with van der Waals surface area (Å²) in [6.07, 6.45) is 0. The second kappa shape index (κ2) is 5.26. The average Bonchev–Trinajstić information content (AvgIpc) is 2.86. The smallest absolute Gasteiger partial charge is 0.231 e. The topological polar surface area (TPSA) is 71.0 Å². The van der Waals surface area contributed by atoms with Gasteiger partial charge in [0.2, 0.25) is 6.79 Å². The molecule has 0 bridgehead atoms. The molecule has 0 saturated heterocycles. The van der Waals surface area contributed by atoms with Crippen LogP contribution in [0.15, 0.2) is 30.3 Å². The van der Waals surface area contributed by atoms with Crippen LogP contribution in [0.3, 0.4) is 0 Å². The number of hydrogen-bond acceptors (Lipinski definition) is 5. The second-order valence-corrected chi connectivity index (χ2v) is 5.20. The number of anilines is 1. The van der Waals surface area contributed by atoms with E-state index < -0.39 is 0 Å². The molecule has 3 N–H and O–H groups in total. The monoisotopic (exact) mass is 307 g/mol. The number of aromatic hydroxyl groups is 2. The minimum absolute atomic E-state index is 0.0181. The van der Waals surface area contributed by atoms with Gasteiger partial charge in [0.25, 0.3) is 0 Å². The van der Waals surface area contributed by atoms with Gasteiger partial charge in [-0.1, -0.05) is 11.6 Å². The Morgan fingerprint density at radius 2 is 1.86 bits per heavy atom. The van der Waals surface area contributed by atoms with Gasteiger partial charge in [0.15, 0.2) is 11.5 Å². The van der Waals surface area contributed by atoms with Crippen LogP contribution in [0.5, 0.6) is 23.0 Å². The molecule has 0 saturated carbocycles. The van der Waals surface area contributed by atoms with Crippen LogP contribution in [-0.2, 0) is 0 Å². The lowest BCUT2D eigenvalue weighted by molar-refractivity contribution is 0.174. The molecule has 1 aliphatic rings. The Kier molecular flexibility index (Phi) is 3.43. The first kappa shape index (κ1) is 13.7. The fraction of sp³-hybridized carbons (Fsp3) is 0.200. The third kappa shape index (κ3) is 2.64. The minimum atomic E-state index is -0.205. The first-order valence-corrected chi connectivity index (χ1v) is 6.80. The quantitative estimate of drug-likeness (QED) is 0.807. The molecule has 0 spiro atoms. The molecule has 110 valence electrons. The van der Waals surface area contributed by atoms with E-state index >= 15 is 0 Å². The molecule has 0 aliphatic carbocycles. The third-order valence-corrected chi connectivity index (χ3v) is 3.63. The van der Waals surface area contributed by atoms with Crippen molar-refractivity contribution in [3.63, 3.8) is 0 Å². The zero-order chi connectivity index (χ0) is 15.0. The number of nitrogens with one attached hydrogen (secondary N) is 1. The first-order valence-electron chi connectivity index (χ1n) is 6.42. The van der Waals surface area contributed by atoms with Gasteiger partial charge in [0, 0.05) is 23.8 Å². The van der Waals surface area contributed by atoms with Crippen molar-refractivity contribution in [2.45, 2.75) is 13.0 Å². The van der Waals surface area contributed by atoms with Crippen molar-refractivity contribution >= 4 is 17.3 Å². The van der Waals surface area contributed by atoms with Gasteiger partial charge in [-0.3, -0.25) is 0 Å². The van der Waals surface area contributed by atoms with Gasteiger partial charge in [-0.15, -0.1) is 0 Å². The molecule has 0 aromatic heterocycles. The molecule has 21 heavy (non-hydrogen) atoms. The number of ether oxygens (including phenoxy) is 2. The number of benzene rings is 2. The lowest BCUT2D eigenvalue weighted by atomic mass is 10.1. The fourth-order valence-corrected chi connectivity index (χ4v) is 2.45. The Balaban J connectivity index is 1.86. The van der Waals surface area contributed by atoms with Crippen molar-refractivity contribution < 1.29 is 19.7 Å². The highest BCUT2D eigenvalue weighted by Crippen LogP contribution is 2.40. The molecule has 0 amide bonds. The number of fused-ring (bicyclic) bond motifs is 1. The molecular formula is C15H14ClNO4. The van der Waals surface area contributed by atoms with Crippen molar-refractivity contribution in [2.24, 2.45) is 0 Å². The third-order valence-electron chi connectivity index (χ3n) is 3.31. The number of rotatable bonds is 3. The highest BCUT2D eigenvalue weighted by atomic mass is 35.5. The number of phenols is 2. The van der Waals surface area contributed by atoms with E-state index in [0.29, 0.717) is 27.8 Å². The average molecular weight is 308 g/mol. The Hall–Kier alpha value is -2.27. The van der Waals surface area contributed by atoms with Gasteiger partial charge < -0.3 is 25.0 Å². The molecule has 2 aromatic carbocycles. The van der Waals surface area contributed by atoms with E-state index in [9.17, 15) is 10.2 Å². The highest BCUT2D eigenvalue weighted by molar-refractivity contribution is 6.33. The summed E-state index contributed by atoms with van der Waals surface area (Å²) in [4.78, 5) is 0. The van der Waals surface area contributed by atoms with Crippen LogP contribution < -0.4 is 14.8 Å². The largest absolute Gasteiger partial charge is 0.508 e. The molecule has 6 heteroatoms. The molecule has 0 radical (unpaired) electrons. The van der Waals surface area contributed by atoms with E-state index in [4.69, 9.17) is 21.1 Å². The van der Waals surface area contributed by atoms with Crippen LogP contribution in [0.4, 0.5) is 5.69 Å². The van der Waals surface area contributed by atoms with Gasteiger partial charge in [0.1, 0.15) is 11.5 Å². The molecule has 0 fully saturated rings. The maximum absolute atomic E-state index is 9.89. The summed E-state index contributed by atoms with van der Waals surface area (Å²) in [5.41, 5.74) is 1.34. The zero-order valence-corrected chi connectivity index (χ0v) is 12.0. The summed E-state index contributed by atoms with van der Waals surface area (Å²) >= 11 is 6.20. The lowest BCUT2D eigenvalue weighted by Crippen LogP contribution is -2.07. The molecule has 2 aromatic rings. The Morgan fingerprint density at radius 1 is 1.14 bits per heavy atom. The molecule has 5 nitrogen and oxygen atoms in total. The van der Waals surface area contributed by atoms with Crippen LogP contribution in [0, 0.1) is 0 Å². The van der Waals surface area contributed by atoms with Gasteiger partial charge in [0.05, 0.1) is 16.8 Å². The molecule has 1 unspecified atom stereocenters. The van der Waals surface area contributed by atoms with Crippen LogP contribution >= 0.6 is 11.6 Å². The standard InChI is InChI=1S/C15H14ClNO4/c1-8(10-3-2-9(18)4-13(10)19)17-12-6-15-14(5-11(12)16)20-7-21-15/h2-6,8,17-19H,7H2,1H3. The Bertz CT molecular complexity index is 690. The van der Waals surface area contributed by atoms with Crippen molar-refractivity contribution in [2.75, 3.05) is 12.1 Å². The van der Waals surface area contributed by atoms with Gasteiger partial charge in [-0.05, 0) is 19.1 Å². The Morgan fingerprint density at radius 3 is 2.57 bits per heavy atom. The van der Waals surface area contributed by atoms with Crippen molar-refractivity contribution in [1.82, 2.24) is 0 Å². The van der Waals surface area contributed by atoms with Gasteiger partial charge >= 0.3 is 0 Å². The van der Waals surface area contributed by atoms with Crippen molar-refractivity contribution in [3.8, 4) is 23.0 Å². The Labute approximate surface area is 126 Å².